The number of anilines is 1. The van der Waals surface area contributed by atoms with Crippen molar-refractivity contribution in [2.75, 3.05) is 31.7 Å². The molecule has 2 heterocycles. The van der Waals surface area contributed by atoms with E-state index in [4.69, 9.17) is 0 Å². The second-order valence-electron chi connectivity index (χ2n) is 24.5. The molecule has 20 nitrogen and oxygen atoms in total. The predicted octanol–water partition coefficient (Wildman–Crippen LogP) is 5.11. The molecule has 9 atom stereocenters. The van der Waals surface area contributed by atoms with Gasteiger partial charge in [-0.2, -0.15) is 0 Å². The molecule has 1 fully saturated rings. The van der Waals surface area contributed by atoms with Crippen LogP contribution in [-0.2, 0) is 59.4 Å². The Kier molecular flexibility index (Phi) is 20.3. The smallest absolute Gasteiger partial charge is 0.313 e. The second-order valence-corrected chi connectivity index (χ2v) is 26.1. The van der Waals surface area contributed by atoms with E-state index in [1.807, 2.05) is 63.2 Å². The summed E-state index contributed by atoms with van der Waals surface area (Å²) in [6, 6.07) is 20.5. The van der Waals surface area contributed by atoms with E-state index in [2.05, 4.69) is 54.7 Å². The van der Waals surface area contributed by atoms with Gasteiger partial charge in [0, 0.05) is 47.1 Å². The molecule has 8 amide bonds. The summed E-state index contributed by atoms with van der Waals surface area (Å²) in [5, 5.41) is 33.7. The maximum atomic E-state index is 15.2. The van der Waals surface area contributed by atoms with Crippen molar-refractivity contribution >= 4 is 70.7 Å². The molecule has 0 spiro atoms. The SMILES string of the molecule is CN[C@@H](C)C(=O)NC(C(=O)N1C[C@@H](NC(=O)c2ccc(C(=O)Nc3ccc4c(c3)CN(C(=O)C(NC(=O)[C@H](C)NC)C(C)(C)SCC(=O)O)[C@H](C(=O)N[C@@H]3CCCc5ccccc53)C4)cc2)CC1C(=O)NC1CCCc2ccccc21)C(C)(C)C. The van der Waals surface area contributed by atoms with Gasteiger partial charge in [-0.25, -0.2) is 0 Å². The van der Waals surface area contributed by atoms with E-state index in [0.717, 1.165) is 71.7 Å². The minimum Gasteiger partial charge on any atom is -0.481 e. The average molecular weight is 1180 g/mol. The number of nitrogens with one attached hydrogen (secondary N) is 8. The molecule has 8 rings (SSSR count). The Bertz CT molecular complexity index is 3180. The molecule has 2 aliphatic heterocycles. The normalized spacial score (nSPS) is 20.6. The van der Waals surface area contributed by atoms with Crippen molar-refractivity contribution in [2.24, 2.45) is 5.41 Å². The molecule has 0 bridgehead atoms. The molecule has 9 N–H and O–H groups in total. The van der Waals surface area contributed by atoms with Crippen molar-refractivity contribution in [3.05, 3.63) is 136 Å². The van der Waals surface area contributed by atoms with Gasteiger partial charge in [-0.05, 0) is 162 Å². The van der Waals surface area contributed by atoms with E-state index in [-0.39, 0.29) is 72.6 Å². The lowest BCUT2D eigenvalue weighted by Crippen LogP contribution is -2.63. The molecule has 454 valence electrons. The molecule has 4 aliphatic rings. The highest BCUT2D eigenvalue weighted by atomic mass is 32.2. The number of aliphatic carboxylic acids is 1. The quantitative estimate of drug-likeness (QED) is 0.0558. The zero-order valence-electron chi connectivity index (χ0n) is 50.1. The third kappa shape index (κ3) is 15.1. The molecule has 85 heavy (non-hydrogen) atoms. The summed E-state index contributed by atoms with van der Waals surface area (Å²) in [6.07, 6.45) is 5.19. The van der Waals surface area contributed by atoms with Crippen LogP contribution in [0.3, 0.4) is 0 Å². The Morgan fingerprint density at radius 2 is 1.13 bits per heavy atom. The Hall–Kier alpha value is -7.62. The molecule has 21 heteroatoms. The standard InChI is InChI=1S/C64H82N10O10S/c1-36(65-8)55(77)71-53(63(3,4)5)61(83)74-34-45(32-51(74)60(82)70-49-23-15-19-39-17-11-13-21-47(39)49)68-58(80)41-26-24-40(25-27-41)57(79)67-44-29-28-42-31-50(59(81)69-48-22-14-18-38-16-10-12-20-46(38)48)73(33-43(42)30-44)62(84)54(72-56(78)37(2)66-9)64(6,7)85-35-52(75)76/h10-13,16-17,20-21,24-30,36-37,45,48-51,53-54,65-66H,14-15,18-19,22-23,31-35H2,1-9H3,(H,67,79)(H,68,80)(H,69,81)(H,70,82)(H,71,77)(H,72,78)(H,75,76)/t36-,37-,45-,48+,49?,50-,51?,53?,54?/m0/s1. The average Bonchev–Trinajstić information content (AvgIpc) is 1.99. The molecule has 2 aliphatic carbocycles. The Morgan fingerprint density at radius 1 is 0.612 bits per heavy atom. The zero-order valence-corrected chi connectivity index (χ0v) is 50.9. The van der Waals surface area contributed by atoms with Crippen molar-refractivity contribution in [3.8, 4) is 0 Å². The summed E-state index contributed by atoms with van der Waals surface area (Å²) >= 11 is 0.999. The number of aryl methyl sites for hydroxylation is 2. The Balaban J connectivity index is 0.990. The fraction of sp³-hybridized carbons (Fsp3) is 0.484. The third-order valence-electron chi connectivity index (χ3n) is 17.0. The van der Waals surface area contributed by atoms with E-state index in [1.165, 1.54) is 34.1 Å². The summed E-state index contributed by atoms with van der Waals surface area (Å²) in [6.45, 7) is 12.2. The molecule has 4 aromatic carbocycles. The van der Waals surface area contributed by atoms with Crippen LogP contribution in [0.5, 0.6) is 0 Å². The number of hydrogen-bond acceptors (Lipinski definition) is 12. The number of amides is 8. The number of hydrogen-bond donors (Lipinski definition) is 9. The number of carboxylic acid groups (broad SMARTS) is 1. The lowest BCUT2D eigenvalue weighted by atomic mass is 9.85. The number of carbonyl (C=O) groups is 9. The number of carbonyl (C=O) groups excluding carboxylic acids is 8. The Labute approximate surface area is 501 Å². The van der Waals surface area contributed by atoms with Gasteiger partial charge < -0.3 is 57.4 Å². The van der Waals surface area contributed by atoms with Crippen molar-refractivity contribution in [1.82, 2.24) is 47.0 Å². The van der Waals surface area contributed by atoms with Gasteiger partial charge in [0.2, 0.25) is 35.4 Å². The van der Waals surface area contributed by atoms with Gasteiger partial charge in [0.15, 0.2) is 0 Å². The number of nitrogens with zero attached hydrogens (tertiary/aromatic N) is 2. The van der Waals surface area contributed by atoms with E-state index < -0.39 is 88.0 Å². The number of likely N-dealkylation sites (N-methyl/N-ethyl adjacent to an activating group) is 2. The maximum absolute atomic E-state index is 15.2. The highest BCUT2D eigenvalue weighted by molar-refractivity contribution is 8.01. The fourth-order valence-corrected chi connectivity index (χ4v) is 12.6. The van der Waals surface area contributed by atoms with Crippen LogP contribution in [0.1, 0.15) is 147 Å². The molecule has 4 aromatic rings. The van der Waals surface area contributed by atoms with Gasteiger partial charge in [-0.3, -0.25) is 43.2 Å². The summed E-state index contributed by atoms with van der Waals surface area (Å²) in [7, 11) is 3.26. The van der Waals surface area contributed by atoms with Crippen molar-refractivity contribution < 1.29 is 48.3 Å². The third-order valence-corrected chi connectivity index (χ3v) is 18.4. The van der Waals surface area contributed by atoms with Crippen LogP contribution in [0, 0.1) is 5.41 Å². The van der Waals surface area contributed by atoms with Gasteiger partial charge >= 0.3 is 5.97 Å². The van der Waals surface area contributed by atoms with Crippen molar-refractivity contribution in [2.45, 2.75) is 166 Å². The van der Waals surface area contributed by atoms with Crippen LogP contribution in [0.15, 0.2) is 91.0 Å². The number of rotatable bonds is 20. The number of likely N-dealkylation sites (tertiary alicyclic amines) is 1. The molecule has 1 saturated heterocycles. The van der Waals surface area contributed by atoms with Crippen LogP contribution in [0.4, 0.5) is 5.69 Å². The van der Waals surface area contributed by atoms with Gasteiger partial charge in [-0.1, -0.05) is 75.4 Å². The van der Waals surface area contributed by atoms with E-state index in [0.29, 0.717) is 17.7 Å². The number of carboxylic acids is 1. The highest BCUT2D eigenvalue weighted by Crippen LogP contribution is 2.36. The number of benzene rings is 4. The molecule has 0 saturated carbocycles. The predicted molar refractivity (Wildman–Crippen MR) is 325 cm³/mol. The second kappa shape index (κ2) is 27.2. The first kappa shape index (κ1) is 63.4. The van der Waals surface area contributed by atoms with Crippen LogP contribution in [-0.4, -0.2) is 142 Å². The van der Waals surface area contributed by atoms with Gasteiger partial charge in [0.25, 0.3) is 11.8 Å². The summed E-state index contributed by atoms with van der Waals surface area (Å²) in [4.78, 5) is 128. The highest BCUT2D eigenvalue weighted by Gasteiger charge is 2.48. The van der Waals surface area contributed by atoms with Crippen LogP contribution < -0.4 is 42.5 Å². The number of fused-ring (bicyclic) bond motifs is 3. The topological polar surface area (TPSA) is 277 Å². The minimum absolute atomic E-state index is 0.00140. The Morgan fingerprint density at radius 3 is 1.67 bits per heavy atom. The van der Waals surface area contributed by atoms with E-state index in [9.17, 15) is 43.5 Å². The first-order valence-electron chi connectivity index (χ1n) is 29.4. The van der Waals surface area contributed by atoms with Crippen molar-refractivity contribution in [1.29, 1.82) is 0 Å². The largest absolute Gasteiger partial charge is 0.481 e. The van der Waals surface area contributed by atoms with Gasteiger partial charge in [-0.15, -0.1) is 11.8 Å². The minimum atomic E-state index is -1.26. The molecular formula is C64H82N10O10S. The molecule has 0 aromatic heterocycles. The van der Waals surface area contributed by atoms with Crippen LogP contribution in [0.25, 0.3) is 0 Å². The number of thioether (sulfide) groups is 1. The summed E-state index contributed by atoms with van der Waals surface area (Å²) < 4.78 is -1.15. The monoisotopic (exact) mass is 1180 g/mol. The first-order chi connectivity index (χ1) is 40.4. The first-order valence-corrected chi connectivity index (χ1v) is 30.4. The van der Waals surface area contributed by atoms with Crippen LogP contribution >= 0.6 is 11.8 Å². The zero-order chi connectivity index (χ0) is 61.5. The van der Waals surface area contributed by atoms with E-state index in [1.54, 1.807) is 53.9 Å². The summed E-state index contributed by atoms with van der Waals surface area (Å²) in [5.41, 5.74) is 5.86. The van der Waals surface area contributed by atoms with E-state index >= 15 is 4.79 Å². The lowest BCUT2D eigenvalue weighted by molar-refractivity contribution is -0.145. The van der Waals surface area contributed by atoms with Gasteiger partial charge in [0.1, 0.15) is 24.2 Å². The molecule has 0 radical (unpaired) electrons. The molecule has 4 unspecified atom stereocenters. The fourth-order valence-electron chi connectivity index (χ4n) is 11.8. The van der Waals surface area contributed by atoms with Gasteiger partial charge in [0.05, 0.1) is 29.9 Å². The lowest BCUT2D eigenvalue weighted by Gasteiger charge is -2.42. The van der Waals surface area contributed by atoms with Crippen molar-refractivity contribution in [3.63, 3.8) is 0 Å². The maximum Gasteiger partial charge on any atom is 0.313 e. The summed E-state index contributed by atoms with van der Waals surface area (Å²) in [5.74, 6) is -5.03. The van der Waals surface area contributed by atoms with Crippen LogP contribution in [0.2, 0.25) is 0 Å². The molecular weight excluding hydrogens is 1100 g/mol.